The van der Waals surface area contributed by atoms with Crippen LogP contribution in [0.25, 0.3) is 0 Å². The predicted octanol–water partition coefficient (Wildman–Crippen LogP) is 3.82. The van der Waals surface area contributed by atoms with Crippen molar-refractivity contribution in [3.8, 4) is 0 Å². The molecule has 1 amide bonds. The summed E-state index contributed by atoms with van der Waals surface area (Å²) in [7, 11) is 0. The first kappa shape index (κ1) is 14.2. The molecule has 0 unspecified atom stereocenters. The number of carbonyl (C=O) groups is 1. The van der Waals surface area contributed by atoms with Gasteiger partial charge >= 0.3 is 0 Å². The van der Waals surface area contributed by atoms with Gasteiger partial charge in [-0.3, -0.25) is 4.79 Å². The van der Waals surface area contributed by atoms with Crippen LogP contribution in [-0.4, -0.2) is 11.6 Å². The molecule has 0 saturated heterocycles. The molecule has 0 aliphatic rings. The highest BCUT2D eigenvalue weighted by Gasteiger charge is 2.03. The standard InChI is InChI=1S/C12H17ClN2OS/c1-3-4-5-6-12(16)15-14-9(2)10-7-8-11(13)17-10/h7-8H,3-6H2,1-2H3,(H,15,16). The smallest absolute Gasteiger partial charge is 0.240 e. The van der Waals surface area contributed by atoms with Gasteiger partial charge < -0.3 is 0 Å². The number of nitrogens with zero attached hydrogens (tertiary/aromatic N) is 1. The van der Waals surface area contributed by atoms with Crippen molar-refractivity contribution in [3.63, 3.8) is 0 Å². The molecule has 17 heavy (non-hydrogen) atoms. The van der Waals surface area contributed by atoms with Gasteiger partial charge in [-0.25, -0.2) is 5.43 Å². The SMILES string of the molecule is CCCCCC(=O)NN=C(C)c1ccc(Cl)s1. The van der Waals surface area contributed by atoms with Crippen LogP contribution in [0.15, 0.2) is 17.2 Å². The fourth-order valence-electron chi connectivity index (χ4n) is 1.30. The molecule has 1 heterocycles. The van der Waals surface area contributed by atoms with Crippen LogP contribution in [0, 0.1) is 0 Å². The van der Waals surface area contributed by atoms with Gasteiger partial charge in [0, 0.05) is 6.42 Å². The summed E-state index contributed by atoms with van der Waals surface area (Å²) in [5.74, 6) is -0.0274. The van der Waals surface area contributed by atoms with E-state index in [4.69, 9.17) is 11.6 Å². The molecule has 0 saturated carbocycles. The van der Waals surface area contributed by atoms with Gasteiger partial charge in [0.05, 0.1) is 14.9 Å². The lowest BCUT2D eigenvalue weighted by Gasteiger charge is -2.00. The quantitative estimate of drug-likeness (QED) is 0.477. The Morgan fingerprint density at radius 1 is 1.47 bits per heavy atom. The van der Waals surface area contributed by atoms with E-state index in [1.54, 1.807) is 0 Å². The highest BCUT2D eigenvalue weighted by Crippen LogP contribution is 2.21. The Bertz CT molecular complexity index is 401. The third-order valence-corrected chi connectivity index (χ3v) is 3.63. The summed E-state index contributed by atoms with van der Waals surface area (Å²) < 4.78 is 0.726. The molecule has 0 fully saturated rings. The van der Waals surface area contributed by atoms with E-state index in [9.17, 15) is 4.79 Å². The number of nitrogens with one attached hydrogen (secondary N) is 1. The summed E-state index contributed by atoms with van der Waals surface area (Å²) in [6.07, 6.45) is 3.65. The molecule has 1 aromatic rings. The molecule has 0 atom stereocenters. The highest BCUT2D eigenvalue weighted by molar-refractivity contribution is 7.18. The van der Waals surface area contributed by atoms with E-state index in [1.165, 1.54) is 11.3 Å². The van der Waals surface area contributed by atoms with E-state index in [-0.39, 0.29) is 5.91 Å². The number of carbonyl (C=O) groups excluding carboxylic acids is 1. The summed E-state index contributed by atoms with van der Waals surface area (Å²) in [5, 5.41) is 4.06. The van der Waals surface area contributed by atoms with Crippen LogP contribution >= 0.6 is 22.9 Å². The zero-order valence-electron chi connectivity index (χ0n) is 10.1. The average Bonchev–Trinajstić information content (AvgIpc) is 2.73. The first-order valence-corrected chi connectivity index (χ1v) is 6.91. The molecule has 0 spiro atoms. The van der Waals surface area contributed by atoms with Crippen LogP contribution in [0.2, 0.25) is 4.34 Å². The lowest BCUT2D eigenvalue weighted by molar-refractivity contribution is -0.121. The van der Waals surface area contributed by atoms with E-state index in [2.05, 4.69) is 17.5 Å². The van der Waals surface area contributed by atoms with E-state index < -0.39 is 0 Å². The minimum atomic E-state index is -0.0274. The minimum absolute atomic E-state index is 0.0274. The molecule has 0 aliphatic heterocycles. The molecule has 0 aromatic carbocycles. The molecule has 94 valence electrons. The maximum absolute atomic E-state index is 11.4. The van der Waals surface area contributed by atoms with Crippen LogP contribution in [0.1, 0.15) is 44.4 Å². The summed E-state index contributed by atoms with van der Waals surface area (Å²) >= 11 is 7.28. The highest BCUT2D eigenvalue weighted by atomic mass is 35.5. The van der Waals surface area contributed by atoms with Crippen molar-refractivity contribution < 1.29 is 4.79 Å². The first-order chi connectivity index (χ1) is 8.13. The van der Waals surface area contributed by atoms with Gasteiger partial charge in [-0.05, 0) is 25.5 Å². The second kappa shape index (κ2) is 7.45. The molecule has 3 nitrogen and oxygen atoms in total. The van der Waals surface area contributed by atoms with Crippen molar-refractivity contribution in [2.75, 3.05) is 0 Å². The molecular weight excluding hydrogens is 256 g/mol. The van der Waals surface area contributed by atoms with E-state index in [0.29, 0.717) is 6.42 Å². The zero-order valence-corrected chi connectivity index (χ0v) is 11.7. The maximum atomic E-state index is 11.4. The third-order valence-electron chi connectivity index (χ3n) is 2.29. The average molecular weight is 273 g/mol. The summed E-state index contributed by atoms with van der Waals surface area (Å²) in [6, 6.07) is 3.72. The summed E-state index contributed by atoms with van der Waals surface area (Å²) in [6.45, 7) is 3.97. The van der Waals surface area contributed by atoms with Crippen molar-refractivity contribution in [1.82, 2.24) is 5.43 Å². The maximum Gasteiger partial charge on any atom is 0.240 e. The molecule has 5 heteroatoms. The van der Waals surface area contributed by atoms with Gasteiger partial charge in [-0.2, -0.15) is 5.10 Å². The van der Waals surface area contributed by atoms with Crippen LogP contribution in [-0.2, 0) is 4.79 Å². The molecule has 1 N–H and O–H groups in total. The van der Waals surface area contributed by atoms with E-state index in [0.717, 1.165) is 34.2 Å². The van der Waals surface area contributed by atoms with Crippen molar-refractivity contribution in [2.24, 2.45) is 5.10 Å². The number of hydrogen-bond acceptors (Lipinski definition) is 3. The van der Waals surface area contributed by atoms with Gasteiger partial charge in [0.25, 0.3) is 0 Å². The zero-order chi connectivity index (χ0) is 12.7. The first-order valence-electron chi connectivity index (χ1n) is 5.72. The molecule has 1 rings (SSSR count). The molecule has 0 aliphatic carbocycles. The number of hydrazone groups is 1. The van der Waals surface area contributed by atoms with Gasteiger partial charge in [0.1, 0.15) is 0 Å². The Kier molecular flexibility index (Phi) is 6.22. The largest absolute Gasteiger partial charge is 0.273 e. The van der Waals surface area contributed by atoms with E-state index >= 15 is 0 Å². The Labute approximate surface area is 111 Å². The fourth-order valence-corrected chi connectivity index (χ4v) is 2.29. The number of hydrogen-bond donors (Lipinski definition) is 1. The topological polar surface area (TPSA) is 41.5 Å². The third kappa shape index (κ3) is 5.33. The minimum Gasteiger partial charge on any atom is -0.273 e. The van der Waals surface area contributed by atoms with Crippen molar-refractivity contribution in [2.45, 2.75) is 39.5 Å². The molecule has 0 radical (unpaired) electrons. The summed E-state index contributed by atoms with van der Waals surface area (Å²) in [4.78, 5) is 12.4. The number of rotatable bonds is 6. The van der Waals surface area contributed by atoms with Crippen LogP contribution in [0.5, 0.6) is 0 Å². The van der Waals surface area contributed by atoms with Crippen molar-refractivity contribution in [3.05, 3.63) is 21.3 Å². The van der Waals surface area contributed by atoms with Gasteiger partial charge in [-0.15, -0.1) is 11.3 Å². The van der Waals surface area contributed by atoms with Gasteiger partial charge in [-0.1, -0.05) is 31.4 Å². The Morgan fingerprint density at radius 2 is 2.24 bits per heavy atom. The molecular formula is C12H17ClN2OS. The van der Waals surface area contributed by atoms with Gasteiger partial charge in [0.15, 0.2) is 0 Å². The number of amides is 1. The monoisotopic (exact) mass is 272 g/mol. The van der Waals surface area contributed by atoms with Crippen LogP contribution in [0.4, 0.5) is 0 Å². The molecule has 0 bridgehead atoms. The van der Waals surface area contributed by atoms with Crippen LogP contribution in [0.3, 0.4) is 0 Å². The lowest BCUT2D eigenvalue weighted by atomic mass is 10.2. The Balaban J connectivity index is 2.40. The number of halogens is 1. The Morgan fingerprint density at radius 3 is 2.82 bits per heavy atom. The van der Waals surface area contributed by atoms with Crippen molar-refractivity contribution >= 4 is 34.6 Å². The van der Waals surface area contributed by atoms with Crippen molar-refractivity contribution in [1.29, 1.82) is 0 Å². The van der Waals surface area contributed by atoms with E-state index in [1.807, 2.05) is 19.1 Å². The summed E-state index contributed by atoms with van der Waals surface area (Å²) in [5.41, 5.74) is 3.34. The molecule has 1 aromatic heterocycles. The number of thiophene rings is 1. The second-order valence-corrected chi connectivity index (χ2v) is 5.51. The lowest BCUT2D eigenvalue weighted by Crippen LogP contribution is -2.18. The normalized spacial score (nSPS) is 11.6. The Hall–Kier alpha value is -0.870. The fraction of sp³-hybridized carbons (Fsp3) is 0.500. The second-order valence-electron chi connectivity index (χ2n) is 3.79. The van der Waals surface area contributed by atoms with Gasteiger partial charge in [0.2, 0.25) is 5.91 Å². The number of unbranched alkanes of at least 4 members (excludes halogenated alkanes) is 2. The predicted molar refractivity (Wildman–Crippen MR) is 73.8 cm³/mol. The van der Waals surface area contributed by atoms with Crippen LogP contribution < -0.4 is 5.43 Å².